The SMILES string of the molecule is COc1ccc(NC(=O)CNCc2ccc(Cl)s2)cc1. The summed E-state index contributed by atoms with van der Waals surface area (Å²) in [6.07, 6.45) is 0. The lowest BCUT2D eigenvalue weighted by Gasteiger charge is -2.07. The topological polar surface area (TPSA) is 50.4 Å². The van der Waals surface area contributed by atoms with E-state index in [1.54, 1.807) is 31.4 Å². The minimum atomic E-state index is -0.0854. The Morgan fingerprint density at radius 2 is 2.00 bits per heavy atom. The quantitative estimate of drug-likeness (QED) is 0.862. The first-order chi connectivity index (χ1) is 9.67. The standard InChI is InChI=1S/C14H15ClN2O2S/c1-19-11-4-2-10(3-5-11)17-14(18)9-16-8-12-6-7-13(15)20-12/h2-7,16H,8-9H2,1H3,(H,17,18). The van der Waals surface area contributed by atoms with Crippen LogP contribution in [0.4, 0.5) is 5.69 Å². The van der Waals surface area contributed by atoms with Gasteiger partial charge in [0.15, 0.2) is 0 Å². The molecule has 1 amide bonds. The molecule has 2 N–H and O–H groups in total. The largest absolute Gasteiger partial charge is 0.497 e. The number of benzene rings is 1. The molecule has 0 aliphatic rings. The van der Waals surface area contributed by atoms with Crippen molar-refractivity contribution in [2.24, 2.45) is 0 Å². The number of halogens is 1. The first kappa shape index (κ1) is 14.8. The Morgan fingerprint density at radius 3 is 2.60 bits per heavy atom. The molecule has 0 aliphatic heterocycles. The highest BCUT2D eigenvalue weighted by Crippen LogP contribution is 2.20. The predicted octanol–water partition coefficient (Wildman–Crippen LogP) is 3.14. The third-order valence-corrected chi connectivity index (χ3v) is 3.82. The van der Waals surface area contributed by atoms with Gasteiger partial charge in [0.2, 0.25) is 5.91 Å². The van der Waals surface area contributed by atoms with Crippen molar-refractivity contribution in [2.45, 2.75) is 6.54 Å². The van der Waals surface area contributed by atoms with Gasteiger partial charge in [-0.25, -0.2) is 0 Å². The Hall–Kier alpha value is -1.56. The molecule has 0 unspecified atom stereocenters. The molecular weight excluding hydrogens is 296 g/mol. The molecule has 1 aromatic carbocycles. The van der Waals surface area contributed by atoms with E-state index in [1.807, 2.05) is 12.1 Å². The normalized spacial score (nSPS) is 10.3. The maximum absolute atomic E-state index is 11.7. The Balaban J connectivity index is 1.74. The van der Waals surface area contributed by atoms with Gasteiger partial charge in [0.05, 0.1) is 18.0 Å². The van der Waals surface area contributed by atoms with Crippen molar-refractivity contribution < 1.29 is 9.53 Å². The molecule has 0 aliphatic carbocycles. The lowest BCUT2D eigenvalue weighted by atomic mass is 10.3. The Morgan fingerprint density at radius 1 is 1.25 bits per heavy atom. The second kappa shape index (κ2) is 7.28. The van der Waals surface area contributed by atoms with E-state index >= 15 is 0 Å². The number of carbonyl (C=O) groups excluding carboxylic acids is 1. The number of hydrogen-bond acceptors (Lipinski definition) is 4. The van der Waals surface area contributed by atoms with Crippen LogP contribution >= 0.6 is 22.9 Å². The number of hydrogen-bond donors (Lipinski definition) is 2. The molecule has 2 rings (SSSR count). The Kier molecular flexibility index (Phi) is 5.40. The van der Waals surface area contributed by atoms with Crippen molar-refractivity contribution in [1.29, 1.82) is 0 Å². The predicted molar refractivity (Wildman–Crippen MR) is 82.7 cm³/mol. The van der Waals surface area contributed by atoms with Gasteiger partial charge in [-0.05, 0) is 36.4 Å². The lowest BCUT2D eigenvalue weighted by Crippen LogP contribution is -2.27. The van der Waals surface area contributed by atoms with E-state index in [1.165, 1.54) is 11.3 Å². The van der Waals surface area contributed by atoms with Crippen molar-refractivity contribution in [3.8, 4) is 5.75 Å². The zero-order valence-electron chi connectivity index (χ0n) is 11.0. The molecule has 1 aromatic heterocycles. The summed E-state index contributed by atoms with van der Waals surface area (Å²) in [6, 6.07) is 11.0. The van der Waals surface area contributed by atoms with Crippen LogP contribution in [-0.4, -0.2) is 19.6 Å². The van der Waals surface area contributed by atoms with Crippen molar-refractivity contribution in [2.75, 3.05) is 19.0 Å². The number of anilines is 1. The molecule has 0 saturated carbocycles. The van der Waals surface area contributed by atoms with Gasteiger partial charge >= 0.3 is 0 Å². The van der Waals surface area contributed by atoms with Gasteiger partial charge in [-0.15, -0.1) is 11.3 Å². The fraction of sp³-hybridized carbons (Fsp3) is 0.214. The van der Waals surface area contributed by atoms with Crippen LogP contribution in [0.3, 0.4) is 0 Å². The maximum Gasteiger partial charge on any atom is 0.238 e. The van der Waals surface area contributed by atoms with E-state index in [0.29, 0.717) is 6.54 Å². The average Bonchev–Trinajstić information content (AvgIpc) is 2.85. The summed E-state index contributed by atoms with van der Waals surface area (Å²) < 4.78 is 5.81. The third-order valence-electron chi connectivity index (χ3n) is 2.59. The number of nitrogens with one attached hydrogen (secondary N) is 2. The molecule has 20 heavy (non-hydrogen) atoms. The van der Waals surface area contributed by atoms with Crippen LogP contribution in [0.2, 0.25) is 4.34 Å². The molecule has 106 valence electrons. The molecule has 0 saturated heterocycles. The second-order valence-electron chi connectivity index (χ2n) is 4.09. The van der Waals surface area contributed by atoms with Gasteiger partial charge in [-0.3, -0.25) is 4.79 Å². The van der Waals surface area contributed by atoms with Crippen molar-refractivity contribution in [3.63, 3.8) is 0 Å². The summed E-state index contributed by atoms with van der Waals surface area (Å²) in [7, 11) is 1.61. The van der Waals surface area contributed by atoms with Crippen LogP contribution in [0.1, 0.15) is 4.88 Å². The highest BCUT2D eigenvalue weighted by atomic mass is 35.5. The Bertz CT molecular complexity index is 569. The second-order valence-corrected chi connectivity index (χ2v) is 5.89. The third kappa shape index (κ3) is 4.52. The highest BCUT2D eigenvalue weighted by molar-refractivity contribution is 7.16. The van der Waals surface area contributed by atoms with Gasteiger partial charge in [0.1, 0.15) is 5.75 Å². The van der Waals surface area contributed by atoms with Gasteiger partial charge in [-0.1, -0.05) is 11.6 Å². The fourth-order valence-corrected chi connectivity index (χ4v) is 2.68. The summed E-state index contributed by atoms with van der Waals surface area (Å²) in [4.78, 5) is 12.8. The minimum Gasteiger partial charge on any atom is -0.497 e. The van der Waals surface area contributed by atoms with Crippen LogP contribution in [-0.2, 0) is 11.3 Å². The maximum atomic E-state index is 11.7. The van der Waals surface area contributed by atoms with Crippen LogP contribution in [0.25, 0.3) is 0 Å². The van der Waals surface area contributed by atoms with Gasteiger partial charge in [0.25, 0.3) is 0 Å². The molecule has 1 heterocycles. The molecule has 0 fully saturated rings. The van der Waals surface area contributed by atoms with E-state index in [0.717, 1.165) is 20.7 Å². The van der Waals surface area contributed by atoms with E-state index in [4.69, 9.17) is 16.3 Å². The van der Waals surface area contributed by atoms with E-state index in [9.17, 15) is 4.79 Å². The van der Waals surface area contributed by atoms with Crippen LogP contribution in [0.15, 0.2) is 36.4 Å². The number of ether oxygens (including phenoxy) is 1. The molecule has 6 heteroatoms. The van der Waals surface area contributed by atoms with Gasteiger partial charge < -0.3 is 15.4 Å². The van der Waals surface area contributed by atoms with Crippen molar-refractivity contribution >= 4 is 34.5 Å². The number of carbonyl (C=O) groups is 1. The lowest BCUT2D eigenvalue weighted by molar-refractivity contribution is -0.115. The van der Waals surface area contributed by atoms with Crippen LogP contribution in [0.5, 0.6) is 5.75 Å². The van der Waals surface area contributed by atoms with Gasteiger partial charge in [0, 0.05) is 17.1 Å². The number of methoxy groups -OCH3 is 1. The summed E-state index contributed by atoms with van der Waals surface area (Å²) >= 11 is 7.34. The Labute approximate surface area is 126 Å². The number of rotatable bonds is 6. The monoisotopic (exact) mass is 310 g/mol. The summed E-state index contributed by atoms with van der Waals surface area (Å²) in [6.45, 7) is 0.884. The first-order valence-corrected chi connectivity index (χ1v) is 7.25. The van der Waals surface area contributed by atoms with Crippen molar-refractivity contribution in [1.82, 2.24) is 5.32 Å². The molecule has 0 atom stereocenters. The van der Waals surface area contributed by atoms with Crippen molar-refractivity contribution in [3.05, 3.63) is 45.6 Å². The van der Waals surface area contributed by atoms with E-state index in [2.05, 4.69) is 10.6 Å². The summed E-state index contributed by atoms with van der Waals surface area (Å²) in [5.74, 6) is 0.675. The highest BCUT2D eigenvalue weighted by Gasteiger charge is 2.03. The molecule has 4 nitrogen and oxygen atoms in total. The molecular formula is C14H15ClN2O2S. The molecule has 0 bridgehead atoms. The average molecular weight is 311 g/mol. The van der Waals surface area contributed by atoms with Gasteiger partial charge in [-0.2, -0.15) is 0 Å². The minimum absolute atomic E-state index is 0.0854. The first-order valence-electron chi connectivity index (χ1n) is 6.06. The zero-order chi connectivity index (χ0) is 14.4. The molecule has 0 radical (unpaired) electrons. The zero-order valence-corrected chi connectivity index (χ0v) is 12.6. The fourth-order valence-electron chi connectivity index (χ4n) is 1.63. The molecule has 0 spiro atoms. The smallest absolute Gasteiger partial charge is 0.238 e. The summed E-state index contributed by atoms with van der Waals surface area (Å²) in [5, 5.41) is 5.88. The van der Waals surface area contributed by atoms with Crippen LogP contribution < -0.4 is 15.4 Å². The van der Waals surface area contributed by atoms with E-state index < -0.39 is 0 Å². The summed E-state index contributed by atoms with van der Waals surface area (Å²) in [5.41, 5.74) is 0.747. The number of thiophene rings is 1. The van der Waals surface area contributed by atoms with Crippen LogP contribution in [0, 0.1) is 0 Å². The molecule has 2 aromatic rings. The van der Waals surface area contributed by atoms with E-state index in [-0.39, 0.29) is 12.5 Å². The number of amides is 1.